The predicted octanol–water partition coefficient (Wildman–Crippen LogP) is 3.17. The van der Waals surface area contributed by atoms with Gasteiger partial charge in [0.25, 0.3) is 0 Å². The first-order valence-electron chi connectivity index (χ1n) is 6.54. The van der Waals surface area contributed by atoms with Gasteiger partial charge in [-0.1, -0.05) is 20.8 Å². The summed E-state index contributed by atoms with van der Waals surface area (Å²) in [6.07, 6.45) is 5.29. The van der Waals surface area contributed by atoms with Gasteiger partial charge in [0.2, 0.25) is 0 Å². The third-order valence-electron chi connectivity index (χ3n) is 2.95. The number of piperidine rings is 1. The lowest BCUT2D eigenvalue weighted by Gasteiger charge is -2.30. The van der Waals surface area contributed by atoms with Gasteiger partial charge >= 0.3 is 0 Å². The first kappa shape index (κ1) is 14.9. The summed E-state index contributed by atoms with van der Waals surface area (Å²) in [4.78, 5) is 2.59. The molecule has 0 unspecified atom stereocenters. The lowest BCUT2D eigenvalue weighted by atomic mass is 9.99. The molecule has 0 aromatic rings. The van der Waals surface area contributed by atoms with Crippen LogP contribution in [0.3, 0.4) is 0 Å². The molecule has 0 saturated carbocycles. The molecular formula is C13H29NO. The molecule has 2 nitrogen and oxygen atoms in total. The molecule has 0 spiro atoms. The van der Waals surface area contributed by atoms with E-state index in [-0.39, 0.29) is 0 Å². The maximum atomic E-state index is 5.03. The van der Waals surface area contributed by atoms with Crippen LogP contribution in [-0.2, 0) is 4.74 Å². The van der Waals surface area contributed by atoms with Crippen molar-refractivity contribution >= 4 is 0 Å². The van der Waals surface area contributed by atoms with E-state index in [0.717, 1.165) is 12.5 Å². The van der Waals surface area contributed by atoms with Crippen LogP contribution in [0, 0.1) is 5.92 Å². The number of unbranched alkanes of at least 4 members (excludes halogenated alkanes) is 1. The molecule has 0 amide bonds. The number of likely N-dealkylation sites (tertiary alicyclic amines) is 1. The van der Waals surface area contributed by atoms with Gasteiger partial charge in [-0.2, -0.15) is 0 Å². The Bertz CT molecular complexity index is 120. The first-order chi connectivity index (χ1) is 7.33. The number of methoxy groups -OCH3 is 1. The predicted molar refractivity (Wildman–Crippen MR) is 67.3 cm³/mol. The minimum atomic E-state index is 0.921. The summed E-state index contributed by atoms with van der Waals surface area (Å²) in [7, 11) is 1.78. The highest BCUT2D eigenvalue weighted by Crippen LogP contribution is 2.15. The van der Waals surface area contributed by atoms with Crippen molar-refractivity contribution < 1.29 is 4.74 Å². The van der Waals surface area contributed by atoms with Crippen molar-refractivity contribution in [3.8, 4) is 0 Å². The minimum absolute atomic E-state index is 0.921. The SMILES string of the molecule is CC.COCCCCN1CCC(C)CC1. The summed E-state index contributed by atoms with van der Waals surface area (Å²) in [6.45, 7) is 11.2. The quantitative estimate of drug-likeness (QED) is 0.653. The molecule has 92 valence electrons. The molecule has 1 aliphatic heterocycles. The molecule has 0 aromatic carbocycles. The van der Waals surface area contributed by atoms with Crippen molar-refractivity contribution in [1.29, 1.82) is 0 Å². The van der Waals surface area contributed by atoms with Crippen LogP contribution in [-0.4, -0.2) is 38.3 Å². The Balaban J connectivity index is 0.000000921. The Kier molecular flexibility index (Phi) is 10.4. The number of hydrogen-bond donors (Lipinski definition) is 0. The van der Waals surface area contributed by atoms with Crippen LogP contribution in [0.25, 0.3) is 0 Å². The van der Waals surface area contributed by atoms with Crippen LogP contribution in [0.5, 0.6) is 0 Å². The lowest BCUT2D eigenvalue weighted by molar-refractivity contribution is 0.166. The topological polar surface area (TPSA) is 12.5 Å². The van der Waals surface area contributed by atoms with Gasteiger partial charge in [0, 0.05) is 13.7 Å². The molecule has 1 rings (SSSR count). The Hall–Kier alpha value is -0.0800. The van der Waals surface area contributed by atoms with Crippen LogP contribution >= 0.6 is 0 Å². The van der Waals surface area contributed by atoms with E-state index in [2.05, 4.69) is 11.8 Å². The Morgan fingerprint density at radius 1 is 1.13 bits per heavy atom. The van der Waals surface area contributed by atoms with Crippen molar-refractivity contribution in [2.24, 2.45) is 5.92 Å². The highest BCUT2D eigenvalue weighted by molar-refractivity contribution is 4.68. The smallest absolute Gasteiger partial charge is 0.0462 e. The van der Waals surface area contributed by atoms with Crippen molar-refractivity contribution in [1.82, 2.24) is 4.90 Å². The lowest BCUT2D eigenvalue weighted by Crippen LogP contribution is -2.33. The fourth-order valence-corrected chi connectivity index (χ4v) is 1.87. The van der Waals surface area contributed by atoms with Gasteiger partial charge in [-0.05, 0) is 51.2 Å². The van der Waals surface area contributed by atoms with E-state index >= 15 is 0 Å². The number of ether oxygens (including phenoxy) is 1. The second-order valence-electron chi connectivity index (χ2n) is 4.22. The summed E-state index contributed by atoms with van der Waals surface area (Å²) in [6, 6.07) is 0. The second kappa shape index (κ2) is 10.4. The van der Waals surface area contributed by atoms with E-state index in [1.807, 2.05) is 13.8 Å². The molecule has 1 fully saturated rings. The third kappa shape index (κ3) is 7.80. The molecule has 0 aromatic heterocycles. The normalized spacial score (nSPS) is 18.4. The fraction of sp³-hybridized carbons (Fsp3) is 1.00. The van der Waals surface area contributed by atoms with Crippen LogP contribution < -0.4 is 0 Å². The van der Waals surface area contributed by atoms with Crippen molar-refractivity contribution in [2.75, 3.05) is 33.4 Å². The Morgan fingerprint density at radius 2 is 1.73 bits per heavy atom. The van der Waals surface area contributed by atoms with E-state index in [0.29, 0.717) is 0 Å². The van der Waals surface area contributed by atoms with Gasteiger partial charge in [0.15, 0.2) is 0 Å². The summed E-state index contributed by atoms with van der Waals surface area (Å²) in [5, 5.41) is 0. The number of hydrogen-bond acceptors (Lipinski definition) is 2. The fourth-order valence-electron chi connectivity index (χ4n) is 1.87. The first-order valence-corrected chi connectivity index (χ1v) is 6.54. The summed E-state index contributed by atoms with van der Waals surface area (Å²) in [5.74, 6) is 0.954. The second-order valence-corrected chi connectivity index (χ2v) is 4.22. The summed E-state index contributed by atoms with van der Waals surface area (Å²) >= 11 is 0. The molecule has 0 N–H and O–H groups in total. The molecule has 1 aliphatic rings. The highest BCUT2D eigenvalue weighted by Gasteiger charge is 2.14. The maximum absolute atomic E-state index is 5.03. The van der Waals surface area contributed by atoms with Crippen LogP contribution in [0.2, 0.25) is 0 Å². The van der Waals surface area contributed by atoms with Gasteiger partial charge in [-0.25, -0.2) is 0 Å². The van der Waals surface area contributed by atoms with Gasteiger partial charge in [-0.15, -0.1) is 0 Å². The van der Waals surface area contributed by atoms with Gasteiger partial charge in [0.05, 0.1) is 0 Å². The van der Waals surface area contributed by atoms with Crippen LogP contribution in [0.1, 0.15) is 46.5 Å². The maximum Gasteiger partial charge on any atom is 0.0462 e. The largest absolute Gasteiger partial charge is 0.385 e. The molecule has 15 heavy (non-hydrogen) atoms. The minimum Gasteiger partial charge on any atom is -0.385 e. The monoisotopic (exact) mass is 215 g/mol. The summed E-state index contributed by atoms with van der Waals surface area (Å²) < 4.78 is 5.03. The van der Waals surface area contributed by atoms with E-state index in [4.69, 9.17) is 4.74 Å². The van der Waals surface area contributed by atoms with E-state index in [1.165, 1.54) is 45.3 Å². The average Bonchev–Trinajstić information content (AvgIpc) is 2.30. The molecule has 0 aliphatic carbocycles. The molecular weight excluding hydrogens is 186 g/mol. The van der Waals surface area contributed by atoms with E-state index in [1.54, 1.807) is 7.11 Å². The van der Waals surface area contributed by atoms with Gasteiger partial charge in [-0.3, -0.25) is 0 Å². The zero-order chi connectivity index (χ0) is 11.5. The Labute approximate surface area is 96.0 Å². The van der Waals surface area contributed by atoms with Crippen molar-refractivity contribution in [3.63, 3.8) is 0 Å². The molecule has 0 atom stereocenters. The molecule has 2 heteroatoms. The van der Waals surface area contributed by atoms with Crippen molar-refractivity contribution in [2.45, 2.75) is 46.5 Å². The van der Waals surface area contributed by atoms with Crippen LogP contribution in [0.15, 0.2) is 0 Å². The third-order valence-corrected chi connectivity index (χ3v) is 2.95. The molecule has 1 heterocycles. The molecule has 0 radical (unpaired) electrons. The Morgan fingerprint density at radius 3 is 2.27 bits per heavy atom. The molecule has 0 bridgehead atoms. The van der Waals surface area contributed by atoms with E-state index < -0.39 is 0 Å². The number of nitrogens with zero attached hydrogens (tertiary/aromatic N) is 1. The van der Waals surface area contributed by atoms with Gasteiger partial charge in [0.1, 0.15) is 0 Å². The van der Waals surface area contributed by atoms with E-state index in [9.17, 15) is 0 Å². The zero-order valence-electron chi connectivity index (χ0n) is 11.1. The standard InChI is InChI=1S/C11H23NO.C2H6/c1-11-5-8-12(9-6-11)7-3-4-10-13-2;1-2/h11H,3-10H2,1-2H3;1-2H3. The summed E-state index contributed by atoms with van der Waals surface area (Å²) in [5.41, 5.74) is 0. The van der Waals surface area contributed by atoms with Crippen LogP contribution in [0.4, 0.5) is 0 Å². The average molecular weight is 215 g/mol. The van der Waals surface area contributed by atoms with Gasteiger partial charge < -0.3 is 9.64 Å². The number of rotatable bonds is 5. The zero-order valence-corrected chi connectivity index (χ0v) is 11.1. The highest BCUT2D eigenvalue weighted by atomic mass is 16.5. The van der Waals surface area contributed by atoms with Crippen molar-refractivity contribution in [3.05, 3.63) is 0 Å². The molecule has 1 saturated heterocycles.